The maximum Gasteiger partial charge on any atom is 0.0924 e. The Morgan fingerprint density at radius 2 is 2.17 bits per heavy atom. The number of aromatic amines is 1. The van der Waals surface area contributed by atoms with Gasteiger partial charge in [-0.3, -0.25) is 0 Å². The third-order valence-corrected chi connectivity index (χ3v) is 3.39. The van der Waals surface area contributed by atoms with E-state index in [0.717, 1.165) is 23.6 Å². The third kappa shape index (κ3) is 2.60. The third-order valence-electron chi connectivity index (χ3n) is 3.15. The Balaban J connectivity index is 0.00000120. The van der Waals surface area contributed by atoms with Crippen LogP contribution in [0.4, 0.5) is 0 Å². The normalized spacial score (nSPS) is 16.2. The largest absolute Gasteiger partial charge is 0.345 e. The fourth-order valence-electron chi connectivity index (χ4n) is 2.37. The summed E-state index contributed by atoms with van der Waals surface area (Å²) in [4.78, 5) is 7.15. The van der Waals surface area contributed by atoms with Crippen LogP contribution in [-0.2, 0) is 6.42 Å². The van der Waals surface area contributed by atoms with Crippen LogP contribution in [0.15, 0.2) is 30.7 Å². The summed E-state index contributed by atoms with van der Waals surface area (Å²) in [7, 11) is 0. The second-order valence-corrected chi connectivity index (χ2v) is 4.77. The lowest BCUT2D eigenvalue weighted by Crippen LogP contribution is -2.01. The summed E-state index contributed by atoms with van der Waals surface area (Å²) >= 11 is 6.03. The molecule has 1 aliphatic rings. The highest BCUT2D eigenvalue weighted by Crippen LogP contribution is 2.33. The van der Waals surface area contributed by atoms with Crippen molar-refractivity contribution < 1.29 is 0 Å². The van der Waals surface area contributed by atoms with Crippen LogP contribution in [0, 0.1) is 0 Å². The topological polar surface area (TPSA) is 28.7 Å². The van der Waals surface area contributed by atoms with Gasteiger partial charge >= 0.3 is 0 Å². The highest BCUT2D eigenvalue weighted by Gasteiger charge is 2.14. The van der Waals surface area contributed by atoms with Gasteiger partial charge in [-0.15, -0.1) is 12.4 Å². The molecule has 2 aromatic rings. The van der Waals surface area contributed by atoms with Crippen LogP contribution in [0.3, 0.4) is 0 Å². The molecule has 1 heterocycles. The van der Waals surface area contributed by atoms with E-state index in [0.29, 0.717) is 0 Å². The van der Waals surface area contributed by atoms with Crippen molar-refractivity contribution in [3.63, 3.8) is 0 Å². The molecule has 94 valence electrons. The van der Waals surface area contributed by atoms with E-state index < -0.39 is 0 Å². The smallest absolute Gasteiger partial charge is 0.0924 e. The quantitative estimate of drug-likeness (QED) is 0.826. The van der Waals surface area contributed by atoms with Gasteiger partial charge in [-0.25, -0.2) is 4.98 Å². The molecule has 1 aromatic carbocycles. The Kier molecular flexibility index (Phi) is 4.10. The lowest BCUT2D eigenvalue weighted by molar-refractivity contribution is 0.824. The monoisotopic (exact) mass is 280 g/mol. The number of nitrogens with zero attached hydrogens (tertiary/aromatic N) is 1. The molecule has 0 saturated carbocycles. The summed E-state index contributed by atoms with van der Waals surface area (Å²) in [6.07, 6.45) is 9.16. The summed E-state index contributed by atoms with van der Waals surface area (Å²) in [6, 6.07) is 6.17. The number of imidazole rings is 1. The van der Waals surface area contributed by atoms with Gasteiger partial charge in [0.05, 0.1) is 18.2 Å². The van der Waals surface area contributed by atoms with Crippen molar-refractivity contribution in [2.24, 2.45) is 0 Å². The fourth-order valence-corrected chi connectivity index (χ4v) is 2.56. The maximum atomic E-state index is 6.03. The Morgan fingerprint density at radius 1 is 1.28 bits per heavy atom. The van der Waals surface area contributed by atoms with Crippen molar-refractivity contribution in [2.75, 3.05) is 0 Å². The molecule has 0 unspecified atom stereocenters. The molecule has 0 spiro atoms. The first-order chi connectivity index (χ1) is 8.33. The van der Waals surface area contributed by atoms with Gasteiger partial charge < -0.3 is 4.98 Å². The SMILES string of the molecule is Cl.Clc1ccc2c(c1)CCC/C2=C\c1cnc[nH]1. The summed E-state index contributed by atoms with van der Waals surface area (Å²) in [5, 5.41) is 0.826. The number of hydrogen-bond acceptors (Lipinski definition) is 1. The van der Waals surface area contributed by atoms with Crippen LogP contribution in [0.2, 0.25) is 5.02 Å². The van der Waals surface area contributed by atoms with E-state index in [9.17, 15) is 0 Å². The molecule has 1 N–H and O–H groups in total. The van der Waals surface area contributed by atoms with Crippen molar-refractivity contribution in [1.82, 2.24) is 9.97 Å². The van der Waals surface area contributed by atoms with Gasteiger partial charge in [0.25, 0.3) is 0 Å². The van der Waals surface area contributed by atoms with Gasteiger partial charge in [0.15, 0.2) is 0 Å². The van der Waals surface area contributed by atoms with Crippen molar-refractivity contribution in [3.8, 4) is 0 Å². The average Bonchev–Trinajstić information content (AvgIpc) is 2.82. The highest BCUT2D eigenvalue weighted by molar-refractivity contribution is 6.30. The molecular formula is C14H14Cl2N2. The Hall–Kier alpha value is -1.25. The van der Waals surface area contributed by atoms with Crippen LogP contribution >= 0.6 is 24.0 Å². The number of halogens is 2. The Labute approximate surface area is 118 Å². The lowest BCUT2D eigenvalue weighted by atomic mass is 9.87. The maximum absolute atomic E-state index is 6.03. The van der Waals surface area contributed by atoms with Crippen molar-refractivity contribution in [3.05, 3.63) is 52.6 Å². The molecule has 1 aliphatic carbocycles. The zero-order valence-electron chi connectivity index (χ0n) is 9.82. The molecule has 1 aromatic heterocycles. The van der Waals surface area contributed by atoms with E-state index >= 15 is 0 Å². The zero-order chi connectivity index (χ0) is 11.7. The number of allylic oxidation sites excluding steroid dienone is 1. The van der Waals surface area contributed by atoms with E-state index in [4.69, 9.17) is 11.6 Å². The van der Waals surface area contributed by atoms with Crippen LogP contribution in [0.1, 0.15) is 29.7 Å². The standard InChI is InChI=1S/C14H13ClN2.ClH/c15-12-4-5-14-10(6-12)2-1-3-11(14)7-13-8-16-9-17-13;/h4-9H,1-3H2,(H,16,17);1H/b11-7+;. The fraction of sp³-hybridized carbons (Fsp3) is 0.214. The molecule has 0 bridgehead atoms. The molecule has 0 aliphatic heterocycles. The van der Waals surface area contributed by atoms with E-state index in [1.165, 1.54) is 23.1 Å². The molecule has 2 nitrogen and oxygen atoms in total. The summed E-state index contributed by atoms with van der Waals surface area (Å²) in [5.41, 5.74) is 5.11. The molecule has 0 fully saturated rings. The van der Waals surface area contributed by atoms with Gasteiger partial charge in [0.2, 0.25) is 0 Å². The summed E-state index contributed by atoms with van der Waals surface area (Å²) in [5.74, 6) is 0. The summed E-state index contributed by atoms with van der Waals surface area (Å²) < 4.78 is 0. The highest BCUT2D eigenvalue weighted by atomic mass is 35.5. The molecule has 0 radical (unpaired) electrons. The first-order valence-corrected chi connectivity index (χ1v) is 6.18. The number of nitrogens with one attached hydrogen (secondary N) is 1. The van der Waals surface area contributed by atoms with Crippen molar-refractivity contribution in [2.45, 2.75) is 19.3 Å². The Bertz CT molecular complexity index is 559. The number of benzene rings is 1. The van der Waals surface area contributed by atoms with E-state index in [1.54, 1.807) is 6.33 Å². The molecular weight excluding hydrogens is 267 g/mol. The molecule has 18 heavy (non-hydrogen) atoms. The molecule has 0 saturated heterocycles. The molecule has 0 amide bonds. The van der Waals surface area contributed by atoms with Gasteiger partial charge in [-0.2, -0.15) is 0 Å². The first kappa shape index (κ1) is 13.2. The van der Waals surface area contributed by atoms with Crippen LogP contribution in [0.25, 0.3) is 11.6 Å². The van der Waals surface area contributed by atoms with Crippen molar-refractivity contribution in [1.29, 1.82) is 0 Å². The first-order valence-electron chi connectivity index (χ1n) is 5.81. The average molecular weight is 281 g/mol. The number of H-pyrrole nitrogens is 1. The van der Waals surface area contributed by atoms with Gasteiger partial charge in [0.1, 0.15) is 0 Å². The van der Waals surface area contributed by atoms with Crippen LogP contribution < -0.4 is 0 Å². The van der Waals surface area contributed by atoms with E-state index in [2.05, 4.69) is 28.2 Å². The minimum Gasteiger partial charge on any atom is -0.345 e. The van der Waals surface area contributed by atoms with Crippen LogP contribution in [-0.4, -0.2) is 9.97 Å². The number of aromatic nitrogens is 2. The predicted molar refractivity (Wildman–Crippen MR) is 78.1 cm³/mol. The number of fused-ring (bicyclic) bond motifs is 1. The predicted octanol–water partition coefficient (Wildman–Crippen LogP) is 4.36. The minimum absolute atomic E-state index is 0. The van der Waals surface area contributed by atoms with Crippen LogP contribution in [0.5, 0.6) is 0 Å². The van der Waals surface area contributed by atoms with E-state index in [-0.39, 0.29) is 12.4 Å². The van der Waals surface area contributed by atoms with Gasteiger partial charge in [-0.05, 0) is 54.2 Å². The lowest BCUT2D eigenvalue weighted by Gasteiger charge is -2.19. The van der Waals surface area contributed by atoms with Gasteiger partial charge in [0, 0.05) is 5.02 Å². The second kappa shape index (κ2) is 5.59. The summed E-state index contributed by atoms with van der Waals surface area (Å²) in [6.45, 7) is 0. The Morgan fingerprint density at radius 3 is 2.94 bits per heavy atom. The molecule has 4 heteroatoms. The second-order valence-electron chi connectivity index (χ2n) is 4.33. The number of rotatable bonds is 1. The minimum atomic E-state index is 0. The zero-order valence-corrected chi connectivity index (χ0v) is 11.4. The number of aryl methyl sites for hydroxylation is 1. The molecule has 3 rings (SSSR count). The van der Waals surface area contributed by atoms with Crippen molar-refractivity contribution >= 4 is 35.7 Å². The number of hydrogen-bond donors (Lipinski definition) is 1. The van der Waals surface area contributed by atoms with Gasteiger partial charge in [-0.1, -0.05) is 17.7 Å². The van der Waals surface area contributed by atoms with E-state index in [1.807, 2.05) is 12.3 Å². The molecule has 0 atom stereocenters.